The van der Waals surface area contributed by atoms with Gasteiger partial charge in [-0.1, -0.05) is 41.4 Å². The molecule has 0 saturated carbocycles. The zero-order valence-electron chi connectivity index (χ0n) is 16.0. The second kappa shape index (κ2) is 9.01. The molecule has 3 aromatic rings. The number of hydrazone groups is 1. The number of hydrogen-bond donors (Lipinski definition) is 2. The molecule has 4 rings (SSSR count). The smallest absolute Gasteiger partial charge is 0.293 e. The number of piperidine rings is 1. The van der Waals surface area contributed by atoms with Crippen molar-refractivity contribution in [1.29, 1.82) is 0 Å². The summed E-state index contributed by atoms with van der Waals surface area (Å²) in [4.78, 5) is 15.0. The van der Waals surface area contributed by atoms with E-state index >= 15 is 0 Å². The fourth-order valence-electron chi connectivity index (χ4n) is 3.25. The Morgan fingerprint density at radius 2 is 2.07 bits per heavy atom. The zero-order chi connectivity index (χ0) is 20.9. The quantitative estimate of drug-likeness (QED) is 0.445. The topological polar surface area (TPSA) is 140 Å². The van der Waals surface area contributed by atoms with Crippen LogP contribution in [0.1, 0.15) is 41.0 Å². The third-order valence-electron chi connectivity index (χ3n) is 4.77. The molecule has 0 radical (unpaired) electrons. The lowest BCUT2D eigenvalue weighted by molar-refractivity contribution is 0.0947. The molecule has 1 saturated heterocycles. The second-order valence-corrected chi connectivity index (χ2v) is 7.23. The van der Waals surface area contributed by atoms with Crippen molar-refractivity contribution in [3.63, 3.8) is 0 Å². The summed E-state index contributed by atoms with van der Waals surface area (Å²) in [5.41, 5.74) is 9.62. The van der Waals surface area contributed by atoms with Crippen LogP contribution in [0.15, 0.2) is 34.0 Å². The van der Waals surface area contributed by atoms with Gasteiger partial charge in [0.25, 0.3) is 5.91 Å². The first kappa shape index (κ1) is 20.0. The van der Waals surface area contributed by atoms with E-state index < -0.39 is 5.91 Å². The third kappa shape index (κ3) is 4.31. The highest BCUT2D eigenvalue weighted by Gasteiger charge is 2.26. The van der Waals surface area contributed by atoms with Crippen LogP contribution in [0.5, 0.6) is 0 Å². The van der Waals surface area contributed by atoms with E-state index in [9.17, 15) is 4.79 Å². The Morgan fingerprint density at radius 3 is 2.80 bits per heavy atom. The molecule has 0 aliphatic carbocycles. The van der Waals surface area contributed by atoms with Crippen LogP contribution < -0.4 is 11.2 Å². The van der Waals surface area contributed by atoms with Gasteiger partial charge in [-0.25, -0.2) is 10.1 Å². The molecule has 1 aliphatic rings. The molecule has 1 aliphatic heterocycles. The summed E-state index contributed by atoms with van der Waals surface area (Å²) >= 11 is 6.10. The Bertz CT molecular complexity index is 1060. The van der Waals surface area contributed by atoms with Crippen LogP contribution in [-0.2, 0) is 6.54 Å². The van der Waals surface area contributed by atoms with Gasteiger partial charge in [-0.15, -0.1) is 5.10 Å². The van der Waals surface area contributed by atoms with Crippen molar-refractivity contribution < 1.29 is 9.42 Å². The van der Waals surface area contributed by atoms with Crippen molar-refractivity contribution in [3.05, 3.63) is 46.2 Å². The molecule has 156 valence electrons. The number of benzene rings is 1. The second-order valence-electron chi connectivity index (χ2n) is 6.83. The van der Waals surface area contributed by atoms with E-state index in [2.05, 4.69) is 40.7 Å². The van der Waals surface area contributed by atoms with Gasteiger partial charge >= 0.3 is 0 Å². The summed E-state index contributed by atoms with van der Waals surface area (Å²) in [5.74, 6) is -0.261. The molecule has 1 amide bonds. The van der Waals surface area contributed by atoms with Crippen LogP contribution >= 0.6 is 11.6 Å². The highest BCUT2D eigenvalue weighted by molar-refractivity contribution is 6.33. The van der Waals surface area contributed by atoms with E-state index in [-0.39, 0.29) is 17.3 Å². The van der Waals surface area contributed by atoms with E-state index in [1.165, 1.54) is 17.3 Å². The van der Waals surface area contributed by atoms with Crippen LogP contribution in [0.25, 0.3) is 5.82 Å². The van der Waals surface area contributed by atoms with Crippen molar-refractivity contribution in [2.75, 3.05) is 18.8 Å². The van der Waals surface area contributed by atoms with Crippen molar-refractivity contribution in [1.82, 2.24) is 35.6 Å². The van der Waals surface area contributed by atoms with E-state index in [0.717, 1.165) is 25.9 Å². The van der Waals surface area contributed by atoms with Crippen molar-refractivity contribution >= 4 is 29.5 Å². The van der Waals surface area contributed by atoms with Crippen molar-refractivity contribution in [2.45, 2.75) is 25.8 Å². The molecule has 0 atom stereocenters. The minimum Gasteiger partial charge on any atom is -0.378 e. The van der Waals surface area contributed by atoms with Gasteiger partial charge in [0.1, 0.15) is 0 Å². The number of rotatable bonds is 6. The maximum absolute atomic E-state index is 12.8. The molecule has 3 heterocycles. The fourth-order valence-corrected chi connectivity index (χ4v) is 3.43. The summed E-state index contributed by atoms with van der Waals surface area (Å²) in [7, 11) is 0. The largest absolute Gasteiger partial charge is 0.378 e. The van der Waals surface area contributed by atoms with Crippen LogP contribution in [0.2, 0.25) is 5.02 Å². The maximum Gasteiger partial charge on any atom is 0.293 e. The average Bonchev–Trinajstić information content (AvgIpc) is 3.36. The molecule has 30 heavy (non-hydrogen) atoms. The normalized spacial score (nSPS) is 15.0. The van der Waals surface area contributed by atoms with Crippen molar-refractivity contribution in [3.8, 4) is 5.82 Å². The summed E-state index contributed by atoms with van der Waals surface area (Å²) in [6.45, 7) is 2.29. The maximum atomic E-state index is 12.8. The number of aromatic nitrogens is 5. The monoisotopic (exact) mass is 429 g/mol. The van der Waals surface area contributed by atoms with Gasteiger partial charge in [0.15, 0.2) is 5.69 Å². The number of anilines is 1. The van der Waals surface area contributed by atoms with Gasteiger partial charge in [-0.05, 0) is 42.3 Å². The predicted molar refractivity (Wildman–Crippen MR) is 109 cm³/mol. The molecular formula is C18H20ClN9O2. The van der Waals surface area contributed by atoms with Gasteiger partial charge in [-0.2, -0.15) is 9.78 Å². The molecule has 0 unspecified atom stereocenters. The Hall–Kier alpha value is -3.31. The summed E-state index contributed by atoms with van der Waals surface area (Å²) in [5, 5.41) is 20.0. The number of nitrogens with zero attached hydrogens (tertiary/aromatic N) is 7. The molecular weight excluding hydrogens is 410 g/mol. The van der Waals surface area contributed by atoms with Crippen LogP contribution in [-0.4, -0.2) is 55.4 Å². The SMILES string of the molecule is Nc1nonc1-n1nnc(C(=O)NN=Cc2ccccc2Cl)c1CN1CCCCC1. The van der Waals surface area contributed by atoms with Gasteiger partial charge in [0.05, 0.1) is 11.9 Å². The zero-order valence-corrected chi connectivity index (χ0v) is 16.8. The number of nitrogens with two attached hydrogens (primary N) is 1. The lowest BCUT2D eigenvalue weighted by Crippen LogP contribution is -2.31. The molecule has 0 bridgehead atoms. The first-order valence-corrected chi connectivity index (χ1v) is 9.84. The summed E-state index contributed by atoms with van der Waals surface area (Å²) < 4.78 is 6.06. The fraction of sp³-hybridized carbons (Fsp3) is 0.333. The third-order valence-corrected chi connectivity index (χ3v) is 5.12. The van der Waals surface area contributed by atoms with E-state index in [1.54, 1.807) is 12.1 Å². The number of amides is 1. The molecule has 1 fully saturated rings. The standard InChI is InChI=1S/C18H20ClN9O2/c19-13-7-3-2-6-12(13)10-21-23-18(29)15-14(11-27-8-4-1-5-9-27)28(26-22-15)17-16(20)24-30-25-17/h2-3,6-7,10H,1,4-5,8-9,11H2,(H2,20,24)(H,23,29). The number of nitrogens with one attached hydrogen (secondary N) is 1. The first-order chi connectivity index (χ1) is 14.6. The molecule has 3 N–H and O–H groups in total. The number of hydrogen-bond acceptors (Lipinski definition) is 9. The number of carbonyl (C=O) groups is 1. The minimum absolute atomic E-state index is 0.0588. The minimum atomic E-state index is -0.508. The number of likely N-dealkylation sites (tertiary alicyclic amines) is 1. The Balaban J connectivity index is 1.58. The molecule has 11 nitrogen and oxygen atoms in total. The van der Waals surface area contributed by atoms with Crippen LogP contribution in [0.3, 0.4) is 0 Å². The lowest BCUT2D eigenvalue weighted by atomic mass is 10.1. The molecule has 12 heteroatoms. The Labute approximate surface area is 176 Å². The summed E-state index contributed by atoms with van der Waals surface area (Å²) in [6, 6.07) is 7.17. The average molecular weight is 430 g/mol. The lowest BCUT2D eigenvalue weighted by Gasteiger charge is -2.26. The van der Waals surface area contributed by atoms with Gasteiger partial charge in [0.2, 0.25) is 11.6 Å². The Morgan fingerprint density at radius 1 is 1.27 bits per heavy atom. The van der Waals surface area contributed by atoms with E-state index in [1.807, 2.05) is 12.1 Å². The number of nitrogen functional groups attached to an aromatic ring is 1. The molecule has 0 spiro atoms. The van der Waals surface area contributed by atoms with Gasteiger partial charge in [0, 0.05) is 17.1 Å². The molecule has 1 aromatic carbocycles. The van der Waals surface area contributed by atoms with E-state index in [0.29, 0.717) is 22.8 Å². The number of carbonyl (C=O) groups excluding carboxylic acids is 1. The number of halogens is 1. The van der Waals surface area contributed by atoms with Crippen LogP contribution in [0.4, 0.5) is 5.82 Å². The summed E-state index contributed by atoms with van der Waals surface area (Å²) in [6.07, 6.45) is 4.85. The van der Waals surface area contributed by atoms with Gasteiger partial charge < -0.3 is 5.73 Å². The molecule has 2 aromatic heterocycles. The predicted octanol–water partition coefficient (Wildman–Crippen LogP) is 1.64. The Kier molecular flexibility index (Phi) is 6.00. The van der Waals surface area contributed by atoms with Crippen molar-refractivity contribution in [2.24, 2.45) is 5.10 Å². The van der Waals surface area contributed by atoms with Crippen LogP contribution in [0, 0.1) is 0 Å². The van der Waals surface area contributed by atoms with E-state index in [4.69, 9.17) is 17.3 Å². The highest BCUT2D eigenvalue weighted by atomic mass is 35.5. The highest BCUT2D eigenvalue weighted by Crippen LogP contribution is 2.19. The van der Waals surface area contributed by atoms with Gasteiger partial charge in [-0.3, -0.25) is 9.69 Å². The first-order valence-electron chi connectivity index (χ1n) is 9.47.